The van der Waals surface area contributed by atoms with Crippen molar-refractivity contribution in [1.82, 2.24) is 4.98 Å². The van der Waals surface area contributed by atoms with Gasteiger partial charge in [-0.2, -0.15) is 0 Å². The van der Waals surface area contributed by atoms with E-state index in [1.165, 1.54) is 6.07 Å². The van der Waals surface area contributed by atoms with E-state index in [2.05, 4.69) is 26.2 Å². The van der Waals surface area contributed by atoms with Gasteiger partial charge in [0.05, 0.1) is 10.0 Å². The van der Waals surface area contributed by atoms with E-state index in [0.717, 1.165) is 0 Å². The predicted octanol–water partition coefficient (Wildman–Crippen LogP) is 3.33. The van der Waals surface area contributed by atoms with E-state index < -0.39 is 0 Å². The first-order chi connectivity index (χ1) is 8.58. The van der Waals surface area contributed by atoms with Crippen LogP contribution in [-0.4, -0.2) is 10.9 Å². The molecule has 6 heteroatoms. The molecule has 0 saturated heterocycles. The average Bonchev–Trinajstić information content (AvgIpc) is 2.35. The summed E-state index contributed by atoms with van der Waals surface area (Å²) in [5, 5.41) is 3.11. The van der Waals surface area contributed by atoms with Crippen LogP contribution in [0.1, 0.15) is 10.4 Å². The zero-order valence-electron chi connectivity index (χ0n) is 9.15. The summed E-state index contributed by atoms with van der Waals surface area (Å²) in [7, 11) is 0. The van der Waals surface area contributed by atoms with E-state index in [4.69, 9.17) is 17.3 Å². The quantitative estimate of drug-likeness (QED) is 0.832. The summed E-state index contributed by atoms with van der Waals surface area (Å²) in [6.07, 6.45) is 1.59. The van der Waals surface area contributed by atoms with Gasteiger partial charge in [0.1, 0.15) is 5.82 Å². The van der Waals surface area contributed by atoms with Gasteiger partial charge in [-0.3, -0.25) is 4.79 Å². The number of carbonyl (C=O) groups is 1. The first kappa shape index (κ1) is 12.9. The second kappa shape index (κ2) is 5.37. The molecule has 0 atom stereocenters. The van der Waals surface area contributed by atoms with E-state index in [9.17, 15) is 4.79 Å². The van der Waals surface area contributed by atoms with Gasteiger partial charge in [0.15, 0.2) is 0 Å². The van der Waals surface area contributed by atoms with Crippen LogP contribution in [-0.2, 0) is 0 Å². The van der Waals surface area contributed by atoms with Crippen molar-refractivity contribution in [3.05, 3.63) is 51.6 Å². The molecule has 0 aliphatic carbocycles. The van der Waals surface area contributed by atoms with Crippen molar-refractivity contribution in [1.29, 1.82) is 0 Å². The summed E-state index contributed by atoms with van der Waals surface area (Å²) in [4.78, 5) is 16.1. The molecule has 4 nitrogen and oxygen atoms in total. The zero-order chi connectivity index (χ0) is 13.1. The summed E-state index contributed by atoms with van der Waals surface area (Å²) in [5.41, 5.74) is 6.41. The topological polar surface area (TPSA) is 68.0 Å². The van der Waals surface area contributed by atoms with Gasteiger partial charge in [0.25, 0.3) is 5.91 Å². The first-order valence-corrected chi connectivity index (χ1v) is 6.22. The molecular formula is C12H9BrClN3O. The van der Waals surface area contributed by atoms with Crippen LogP contribution in [0.25, 0.3) is 0 Å². The Morgan fingerprint density at radius 3 is 2.89 bits per heavy atom. The molecule has 0 aliphatic heterocycles. The highest BCUT2D eigenvalue weighted by atomic mass is 79.9. The minimum atomic E-state index is -0.352. The van der Waals surface area contributed by atoms with Crippen molar-refractivity contribution in [3.63, 3.8) is 0 Å². The van der Waals surface area contributed by atoms with Crippen molar-refractivity contribution in [2.45, 2.75) is 0 Å². The monoisotopic (exact) mass is 325 g/mol. The maximum Gasteiger partial charge on any atom is 0.258 e. The number of aromatic nitrogens is 1. The highest BCUT2D eigenvalue weighted by Gasteiger charge is 2.12. The van der Waals surface area contributed by atoms with E-state index >= 15 is 0 Å². The number of amides is 1. The van der Waals surface area contributed by atoms with Crippen LogP contribution in [0, 0.1) is 0 Å². The molecule has 0 fully saturated rings. The molecule has 1 aromatic carbocycles. The van der Waals surface area contributed by atoms with Gasteiger partial charge in [-0.15, -0.1) is 0 Å². The highest BCUT2D eigenvalue weighted by Crippen LogP contribution is 2.22. The van der Waals surface area contributed by atoms with Crippen molar-refractivity contribution < 1.29 is 4.79 Å². The number of pyridine rings is 1. The Morgan fingerprint density at radius 2 is 2.17 bits per heavy atom. The Morgan fingerprint density at radius 1 is 1.39 bits per heavy atom. The molecule has 1 amide bonds. The Labute approximate surface area is 117 Å². The van der Waals surface area contributed by atoms with Gasteiger partial charge >= 0.3 is 0 Å². The molecule has 0 unspecified atom stereocenters. The van der Waals surface area contributed by atoms with Crippen molar-refractivity contribution in [2.24, 2.45) is 0 Å². The molecule has 2 aromatic rings. The maximum absolute atomic E-state index is 12.0. The molecule has 3 N–H and O–H groups in total. The Hall–Kier alpha value is -1.59. The average molecular weight is 327 g/mol. The number of benzene rings is 1. The van der Waals surface area contributed by atoms with Gasteiger partial charge in [0.2, 0.25) is 0 Å². The maximum atomic E-state index is 12.0. The Kier molecular flexibility index (Phi) is 3.84. The van der Waals surface area contributed by atoms with Crippen LogP contribution < -0.4 is 11.1 Å². The predicted molar refractivity (Wildman–Crippen MR) is 75.8 cm³/mol. The SMILES string of the molecule is Nc1ccc(Cl)cc1C(=O)Nc1ncccc1Br. The highest BCUT2D eigenvalue weighted by molar-refractivity contribution is 9.10. The number of carbonyl (C=O) groups excluding carboxylic acids is 1. The van der Waals surface area contributed by atoms with Gasteiger partial charge < -0.3 is 11.1 Å². The molecule has 0 bridgehead atoms. The van der Waals surface area contributed by atoms with E-state index in [1.807, 2.05) is 0 Å². The smallest absolute Gasteiger partial charge is 0.258 e. The summed E-state index contributed by atoms with van der Waals surface area (Å²) >= 11 is 9.13. The fourth-order valence-electron chi connectivity index (χ4n) is 1.38. The van der Waals surface area contributed by atoms with E-state index in [1.54, 1.807) is 30.5 Å². The van der Waals surface area contributed by atoms with Crippen molar-refractivity contribution >= 4 is 44.9 Å². The first-order valence-electron chi connectivity index (χ1n) is 5.05. The molecule has 18 heavy (non-hydrogen) atoms. The third-order valence-corrected chi connectivity index (χ3v) is 3.13. The number of halogens is 2. The van der Waals surface area contributed by atoms with Crippen LogP contribution >= 0.6 is 27.5 Å². The lowest BCUT2D eigenvalue weighted by molar-refractivity contribution is 0.102. The number of hydrogen-bond donors (Lipinski definition) is 2. The third kappa shape index (κ3) is 2.80. The lowest BCUT2D eigenvalue weighted by atomic mass is 10.1. The zero-order valence-corrected chi connectivity index (χ0v) is 11.5. The fraction of sp³-hybridized carbons (Fsp3) is 0. The summed E-state index contributed by atoms with van der Waals surface area (Å²) < 4.78 is 0.693. The standard InChI is InChI=1S/C12H9BrClN3O/c13-9-2-1-5-16-11(9)17-12(18)8-6-7(14)3-4-10(8)15/h1-6H,15H2,(H,16,17,18). The molecule has 0 radical (unpaired) electrons. The number of nitrogens with zero attached hydrogens (tertiary/aromatic N) is 1. The van der Waals surface area contributed by atoms with E-state index in [0.29, 0.717) is 26.6 Å². The van der Waals surface area contributed by atoms with Gasteiger partial charge in [-0.1, -0.05) is 11.6 Å². The lowest BCUT2D eigenvalue weighted by Crippen LogP contribution is -2.15. The Bertz CT molecular complexity index is 604. The third-order valence-electron chi connectivity index (χ3n) is 2.25. The minimum absolute atomic E-state index is 0.319. The molecule has 0 saturated carbocycles. The number of nitrogen functional groups attached to an aromatic ring is 1. The summed E-state index contributed by atoms with van der Waals surface area (Å²) in [6.45, 7) is 0. The van der Waals surface area contributed by atoms with Crippen LogP contribution in [0.4, 0.5) is 11.5 Å². The molecule has 2 rings (SSSR count). The second-order valence-electron chi connectivity index (χ2n) is 3.52. The minimum Gasteiger partial charge on any atom is -0.398 e. The second-order valence-corrected chi connectivity index (χ2v) is 4.81. The molecule has 1 aromatic heterocycles. The van der Waals surface area contributed by atoms with Crippen LogP contribution in [0.5, 0.6) is 0 Å². The van der Waals surface area contributed by atoms with Gasteiger partial charge in [-0.25, -0.2) is 4.98 Å². The van der Waals surface area contributed by atoms with Crippen LogP contribution in [0.15, 0.2) is 41.0 Å². The Balaban J connectivity index is 2.28. The number of nitrogens with two attached hydrogens (primary N) is 1. The lowest BCUT2D eigenvalue weighted by Gasteiger charge is -2.08. The van der Waals surface area contributed by atoms with Crippen LogP contribution in [0.2, 0.25) is 5.02 Å². The van der Waals surface area contributed by atoms with Gasteiger partial charge in [-0.05, 0) is 46.3 Å². The molecule has 0 spiro atoms. The molecule has 92 valence electrons. The van der Waals surface area contributed by atoms with Crippen LogP contribution in [0.3, 0.4) is 0 Å². The fourth-order valence-corrected chi connectivity index (χ4v) is 1.90. The number of rotatable bonds is 2. The van der Waals surface area contributed by atoms with Crippen molar-refractivity contribution in [3.8, 4) is 0 Å². The van der Waals surface area contributed by atoms with Crippen molar-refractivity contribution in [2.75, 3.05) is 11.1 Å². The largest absolute Gasteiger partial charge is 0.398 e. The molecule has 0 aliphatic rings. The normalized spacial score (nSPS) is 10.1. The summed E-state index contributed by atoms with van der Waals surface area (Å²) in [6, 6.07) is 8.27. The summed E-state index contributed by atoms with van der Waals surface area (Å²) in [5.74, 6) is 0.0799. The van der Waals surface area contributed by atoms with E-state index in [-0.39, 0.29) is 5.91 Å². The number of hydrogen-bond acceptors (Lipinski definition) is 3. The number of anilines is 2. The van der Waals surface area contributed by atoms with Gasteiger partial charge in [0, 0.05) is 16.9 Å². The molecular weight excluding hydrogens is 318 g/mol. The molecule has 1 heterocycles. The number of nitrogens with one attached hydrogen (secondary N) is 1.